The molecule has 0 bridgehead atoms. The predicted molar refractivity (Wildman–Crippen MR) is 91.7 cm³/mol. The molecule has 0 radical (unpaired) electrons. The number of amides is 2. The Hall–Kier alpha value is -2.08. The zero-order valence-corrected chi connectivity index (χ0v) is 14.6. The summed E-state index contributed by atoms with van der Waals surface area (Å²) >= 11 is 0. The second kappa shape index (κ2) is 6.33. The van der Waals surface area contributed by atoms with Gasteiger partial charge in [0.25, 0.3) is 5.91 Å². The largest absolute Gasteiger partial charge is 0.493 e. The van der Waals surface area contributed by atoms with Gasteiger partial charge in [0.2, 0.25) is 5.91 Å². The molecular weight excluding hydrogens is 320 g/mol. The molecule has 4 rings (SSSR count). The molecule has 134 valence electrons. The smallest absolute Gasteiger partial charge is 0.253 e. The van der Waals surface area contributed by atoms with Gasteiger partial charge >= 0.3 is 0 Å². The fourth-order valence-corrected chi connectivity index (χ4v) is 3.93. The molecule has 6 nitrogen and oxygen atoms in total. The monoisotopic (exact) mass is 344 g/mol. The van der Waals surface area contributed by atoms with Gasteiger partial charge in [0.15, 0.2) is 0 Å². The van der Waals surface area contributed by atoms with Crippen molar-refractivity contribution in [3.05, 3.63) is 29.3 Å². The minimum Gasteiger partial charge on any atom is -0.493 e. The lowest BCUT2D eigenvalue weighted by atomic mass is 9.87. The van der Waals surface area contributed by atoms with E-state index in [-0.39, 0.29) is 11.8 Å². The van der Waals surface area contributed by atoms with E-state index < -0.39 is 5.60 Å². The summed E-state index contributed by atoms with van der Waals surface area (Å²) in [5.74, 6) is 1.08. The van der Waals surface area contributed by atoms with Crippen LogP contribution in [0.4, 0.5) is 0 Å². The van der Waals surface area contributed by atoms with Gasteiger partial charge in [-0.25, -0.2) is 0 Å². The molecule has 1 aromatic rings. The summed E-state index contributed by atoms with van der Waals surface area (Å²) in [5, 5.41) is 0. The molecule has 2 amide bonds. The van der Waals surface area contributed by atoms with E-state index in [0.717, 1.165) is 23.3 Å². The molecule has 25 heavy (non-hydrogen) atoms. The quantitative estimate of drug-likeness (QED) is 0.774. The van der Waals surface area contributed by atoms with Crippen molar-refractivity contribution in [3.63, 3.8) is 0 Å². The van der Waals surface area contributed by atoms with Gasteiger partial charge in [-0.15, -0.1) is 0 Å². The van der Waals surface area contributed by atoms with Crippen LogP contribution in [0.5, 0.6) is 5.75 Å². The van der Waals surface area contributed by atoms with Crippen LogP contribution in [-0.4, -0.2) is 67.1 Å². The summed E-state index contributed by atoms with van der Waals surface area (Å²) in [5.41, 5.74) is 1.43. The van der Waals surface area contributed by atoms with E-state index in [2.05, 4.69) is 0 Å². The first-order valence-electron chi connectivity index (χ1n) is 8.99. The number of carbonyl (C=O) groups is 2. The molecule has 1 aromatic carbocycles. The van der Waals surface area contributed by atoms with Crippen molar-refractivity contribution in [2.45, 2.75) is 31.3 Å². The zero-order valence-electron chi connectivity index (χ0n) is 14.6. The average Bonchev–Trinajstić information content (AvgIpc) is 3.04. The van der Waals surface area contributed by atoms with Crippen molar-refractivity contribution in [1.29, 1.82) is 0 Å². The third-order valence-corrected chi connectivity index (χ3v) is 5.63. The average molecular weight is 344 g/mol. The lowest BCUT2D eigenvalue weighted by molar-refractivity contribution is -0.134. The van der Waals surface area contributed by atoms with Gasteiger partial charge in [0, 0.05) is 38.7 Å². The van der Waals surface area contributed by atoms with Gasteiger partial charge in [-0.1, -0.05) is 0 Å². The Morgan fingerprint density at radius 3 is 2.76 bits per heavy atom. The van der Waals surface area contributed by atoms with Crippen LogP contribution < -0.4 is 4.74 Å². The number of benzene rings is 1. The van der Waals surface area contributed by atoms with Gasteiger partial charge in [-0.05, 0) is 36.6 Å². The fourth-order valence-electron chi connectivity index (χ4n) is 3.93. The van der Waals surface area contributed by atoms with Crippen molar-refractivity contribution in [3.8, 4) is 5.75 Å². The van der Waals surface area contributed by atoms with Crippen LogP contribution in [0, 0.1) is 0 Å². The van der Waals surface area contributed by atoms with E-state index >= 15 is 0 Å². The molecule has 0 aromatic heterocycles. The van der Waals surface area contributed by atoms with E-state index in [4.69, 9.17) is 9.47 Å². The highest BCUT2D eigenvalue weighted by Crippen LogP contribution is 2.33. The molecule has 6 heteroatoms. The first kappa shape index (κ1) is 16.4. The van der Waals surface area contributed by atoms with Crippen LogP contribution in [0.1, 0.15) is 35.2 Å². The highest BCUT2D eigenvalue weighted by molar-refractivity contribution is 5.94. The van der Waals surface area contributed by atoms with E-state index in [0.29, 0.717) is 52.1 Å². The van der Waals surface area contributed by atoms with E-state index in [1.165, 1.54) is 0 Å². The zero-order chi connectivity index (χ0) is 17.4. The maximum absolute atomic E-state index is 12.8. The SMILES string of the molecule is CN1CCOC2(CCN(C(=O)c3ccc4c(c3)CCO4)CC2)CC1=O. The topological polar surface area (TPSA) is 59.1 Å². The molecule has 3 heterocycles. The summed E-state index contributed by atoms with van der Waals surface area (Å²) < 4.78 is 11.6. The Bertz CT molecular complexity index is 695. The summed E-state index contributed by atoms with van der Waals surface area (Å²) in [7, 11) is 1.82. The highest BCUT2D eigenvalue weighted by Gasteiger charge is 2.41. The van der Waals surface area contributed by atoms with Gasteiger partial charge < -0.3 is 19.3 Å². The van der Waals surface area contributed by atoms with Gasteiger partial charge in [0.1, 0.15) is 5.75 Å². The van der Waals surface area contributed by atoms with Gasteiger partial charge in [0.05, 0.1) is 25.2 Å². The number of likely N-dealkylation sites (N-methyl/N-ethyl adjacent to an activating group) is 1. The van der Waals surface area contributed by atoms with Crippen LogP contribution in [0.3, 0.4) is 0 Å². The number of ether oxygens (including phenoxy) is 2. The molecule has 0 saturated carbocycles. The van der Waals surface area contributed by atoms with Gasteiger partial charge in [-0.2, -0.15) is 0 Å². The van der Waals surface area contributed by atoms with Crippen molar-refractivity contribution >= 4 is 11.8 Å². The molecule has 1 spiro atoms. The molecule has 0 aliphatic carbocycles. The van der Waals surface area contributed by atoms with Crippen molar-refractivity contribution in [1.82, 2.24) is 9.80 Å². The van der Waals surface area contributed by atoms with Gasteiger partial charge in [-0.3, -0.25) is 9.59 Å². The Morgan fingerprint density at radius 2 is 1.96 bits per heavy atom. The molecule has 2 saturated heterocycles. The first-order chi connectivity index (χ1) is 12.1. The maximum Gasteiger partial charge on any atom is 0.253 e. The minimum atomic E-state index is -0.398. The number of rotatable bonds is 1. The summed E-state index contributed by atoms with van der Waals surface area (Å²) in [6.07, 6.45) is 2.71. The Labute approximate surface area is 147 Å². The predicted octanol–water partition coefficient (Wildman–Crippen LogP) is 1.47. The first-order valence-corrected chi connectivity index (χ1v) is 8.99. The number of piperidine rings is 1. The third-order valence-electron chi connectivity index (χ3n) is 5.63. The molecule has 3 aliphatic heterocycles. The molecule has 2 fully saturated rings. The molecule has 0 unspecified atom stereocenters. The van der Waals surface area contributed by atoms with Crippen molar-refractivity contribution in [2.75, 3.05) is 39.9 Å². The van der Waals surface area contributed by atoms with Crippen molar-refractivity contribution in [2.24, 2.45) is 0 Å². The molecular formula is C19H24N2O4. The van der Waals surface area contributed by atoms with E-state index in [1.54, 1.807) is 4.90 Å². The normalized spacial score (nSPS) is 22.5. The number of nitrogens with zero attached hydrogens (tertiary/aromatic N) is 2. The van der Waals surface area contributed by atoms with Crippen LogP contribution in [0.25, 0.3) is 0 Å². The Balaban J connectivity index is 1.43. The summed E-state index contributed by atoms with van der Waals surface area (Å²) in [4.78, 5) is 28.6. The summed E-state index contributed by atoms with van der Waals surface area (Å²) in [6, 6.07) is 5.69. The lowest BCUT2D eigenvalue weighted by Crippen LogP contribution is -2.49. The standard InChI is InChI=1S/C19H24N2O4/c1-20-9-11-25-19(13-17(20)22)5-7-21(8-6-19)18(23)15-2-3-16-14(12-15)4-10-24-16/h2-3,12H,4-11,13H2,1H3. The number of fused-ring (bicyclic) bond motifs is 1. The van der Waals surface area contributed by atoms with Crippen molar-refractivity contribution < 1.29 is 19.1 Å². The number of carbonyl (C=O) groups excluding carboxylic acids is 2. The Morgan fingerprint density at radius 1 is 1.16 bits per heavy atom. The van der Waals surface area contributed by atoms with E-state index in [1.807, 2.05) is 30.1 Å². The molecule has 0 atom stereocenters. The second-order valence-corrected chi connectivity index (χ2v) is 7.24. The maximum atomic E-state index is 12.8. The second-order valence-electron chi connectivity index (χ2n) is 7.24. The lowest BCUT2D eigenvalue weighted by Gasteiger charge is -2.40. The van der Waals surface area contributed by atoms with Crippen LogP contribution in [0.15, 0.2) is 18.2 Å². The number of hydrogen-bond donors (Lipinski definition) is 0. The minimum absolute atomic E-state index is 0.0571. The van der Waals surface area contributed by atoms with Crippen LogP contribution in [0.2, 0.25) is 0 Å². The molecule has 3 aliphatic rings. The molecule has 0 N–H and O–H groups in total. The van der Waals surface area contributed by atoms with E-state index in [9.17, 15) is 9.59 Å². The Kier molecular flexibility index (Phi) is 4.15. The fraction of sp³-hybridized carbons (Fsp3) is 0.579. The van der Waals surface area contributed by atoms with Crippen LogP contribution >= 0.6 is 0 Å². The third kappa shape index (κ3) is 3.11. The highest BCUT2D eigenvalue weighted by atomic mass is 16.5. The van der Waals surface area contributed by atoms with Crippen LogP contribution in [-0.2, 0) is 16.0 Å². The summed E-state index contributed by atoms with van der Waals surface area (Å²) in [6.45, 7) is 3.16. The number of hydrogen-bond acceptors (Lipinski definition) is 4. The number of likely N-dealkylation sites (tertiary alicyclic amines) is 1.